The van der Waals surface area contributed by atoms with Gasteiger partial charge in [-0.2, -0.15) is 0 Å². The third-order valence-corrected chi connectivity index (χ3v) is 3.37. The minimum absolute atomic E-state index is 0.0748. The largest absolute Gasteiger partial charge is 0.396 e. The van der Waals surface area contributed by atoms with Crippen LogP contribution < -0.4 is 10.6 Å². The molecule has 1 rings (SSSR count). The molecule has 0 fully saturated rings. The van der Waals surface area contributed by atoms with E-state index in [-0.39, 0.29) is 17.8 Å². The molecule has 0 unspecified atom stereocenters. The van der Waals surface area contributed by atoms with Gasteiger partial charge in [0.05, 0.1) is 0 Å². The first-order chi connectivity index (χ1) is 10.2. The summed E-state index contributed by atoms with van der Waals surface area (Å²) in [4.78, 5) is 23.3. The van der Waals surface area contributed by atoms with Gasteiger partial charge in [-0.05, 0) is 48.9 Å². The summed E-state index contributed by atoms with van der Waals surface area (Å²) in [6.45, 7) is 5.87. The van der Waals surface area contributed by atoms with Gasteiger partial charge in [0.15, 0.2) is 0 Å². The van der Waals surface area contributed by atoms with Crippen LogP contribution in [0.15, 0.2) is 18.2 Å². The second-order valence-electron chi connectivity index (χ2n) is 6.10. The monoisotopic (exact) mass is 310 g/mol. The van der Waals surface area contributed by atoms with Crippen molar-refractivity contribution in [1.29, 1.82) is 0 Å². The number of benzene rings is 1. The summed E-state index contributed by atoms with van der Waals surface area (Å²) in [5, 5.41) is 14.1. The molecule has 0 bridgehead atoms. The minimum atomic E-state index is -0.785. The first-order valence-electron chi connectivity index (χ1n) is 7.21. The van der Waals surface area contributed by atoms with E-state index in [0.29, 0.717) is 24.2 Å². The predicted octanol–water partition coefficient (Wildman–Crippen LogP) is 1.99. The summed E-state index contributed by atoms with van der Waals surface area (Å²) in [5.41, 5.74) is 0.573. The number of nitrogens with one attached hydrogen (secondary N) is 2. The number of carbonyl (C=O) groups is 2. The van der Waals surface area contributed by atoms with E-state index in [4.69, 9.17) is 5.11 Å². The van der Waals surface area contributed by atoms with Gasteiger partial charge >= 0.3 is 11.8 Å². The summed E-state index contributed by atoms with van der Waals surface area (Å²) >= 11 is 0. The lowest BCUT2D eigenvalue weighted by molar-refractivity contribution is -0.136. The fourth-order valence-corrected chi connectivity index (χ4v) is 1.84. The van der Waals surface area contributed by atoms with E-state index in [0.717, 1.165) is 6.42 Å². The van der Waals surface area contributed by atoms with Gasteiger partial charge in [-0.25, -0.2) is 4.39 Å². The van der Waals surface area contributed by atoms with Crippen molar-refractivity contribution >= 4 is 17.5 Å². The van der Waals surface area contributed by atoms with Crippen molar-refractivity contribution in [3.05, 3.63) is 29.6 Å². The molecule has 6 heteroatoms. The van der Waals surface area contributed by atoms with E-state index < -0.39 is 11.8 Å². The van der Waals surface area contributed by atoms with E-state index in [2.05, 4.69) is 10.6 Å². The lowest BCUT2D eigenvalue weighted by Gasteiger charge is -2.21. The molecule has 1 aromatic rings. The summed E-state index contributed by atoms with van der Waals surface area (Å²) in [7, 11) is 0. The van der Waals surface area contributed by atoms with E-state index in [9.17, 15) is 14.0 Å². The zero-order valence-electron chi connectivity index (χ0n) is 13.2. The fraction of sp³-hybridized carbons (Fsp3) is 0.500. The van der Waals surface area contributed by atoms with Crippen molar-refractivity contribution < 1.29 is 19.1 Å². The Morgan fingerprint density at radius 3 is 2.55 bits per heavy atom. The predicted molar refractivity (Wildman–Crippen MR) is 82.9 cm³/mol. The van der Waals surface area contributed by atoms with Gasteiger partial charge in [0, 0.05) is 18.8 Å². The summed E-state index contributed by atoms with van der Waals surface area (Å²) in [6, 6.07) is 4.10. The number of halogens is 1. The SMILES string of the molecule is Cc1cc(NC(=O)C(=O)NCCCC(C)(C)CO)ccc1F. The Balaban J connectivity index is 2.39. The van der Waals surface area contributed by atoms with Crippen molar-refractivity contribution in [2.75, 3.05) is 18.5 Å². The normalized spacial score (nSPS) is 11.1. The van der Waals surface area contributed by atoms with Crippen LogP contribution in [0.2, 0.25) is 0 Å². The Hall–Kier alpha value is -1.95. The molecule has 0 aliphatic heterocycles. The Morgan fingerprint density at radius 2 is 1.95 bits per heavy atom. The Bertz CT molecular complexity index is 544. The lowest BCUT2D eigenvalue weighted by Crippen LogP contribution is -2.36. The topological polar surface area (TPSA) is 78.4 Å². The maximum atomic E-state index is 13.1. The third kappa shape index (κ3) is 5.81. The molecule has 122 valence electrons. The number of aliphatic hydroxyl groups is 1. The second kappa shape index (κ2) is 7.89. The average molecular weight is 310 g/mol. The van der Waals surface area contributed by atoms with Crippen LogP contribution in [0.5, 0.6) is 0 Å². The van der Waals surface area contributed by atoms with Crippen molar-refractivity contribution in [2.24, 2.45) is 5.41 Å². The van der Waals surface area contributed by atoms with Crippen molar-refractivity contribution in [3.8, 4) is 0 Å². The van der Waals surface area contributed by atoms with Crippen molar-refractivity contribution in [2.45, 2.75) is 33.6 Å². The number of aryl methyl sites for hydroxylation is 1. The minimum Gasteiger partial charge on any atom is -0.396 e. The molecule has 0 aliphatic rings. The van der Waals surface area contributed by atoms with Gasteiger partial charge in [-0.3, -0.25) is 9.59 Å². The van der Waals surface area contributed by atoms with Crippen LogP contribution in [0.4, 0.5) is 10.1 Å². The number of rotatable bonds is 6. The molecule has 5 nitrogen and oxygen atoms in total. The molecule has 0 atom stereocenters. The number of hydrogen-bond acceptors (Lipinski definition) is 3. The highest BCUT2D eigenvalue weighted by Gasteiger charge is 2.17. The van der Waals surface area contributed by atoms with Crippen LogP contribution in [0.25, 0.3) is 0 Å². The van der Waals surface area contributed by atoms with Crippen molar-refractivity contribution in [1.82, 2.24) is 5.32 Å². The van der Waals surface area contributed by atoms with Crippen LogP contribution in [0.1, 0.15) is 32.3 Å². The van der Waals surface area contributed by atoms with Crippen molar-refractivity contribution in [3.63, 3.8) is 0 Å². The van der Waals surface area contributed by atoms with Gasteiger partial charge < -0.3 is 15.7 Å². The number of anilines is 1. The van der Waals surface area contributed by atoms with Gasteiger partial charge in [-0.1, -0.05) is 13.8 Å². The molecule has 0 radical (unpaired) electrons. The molecule has 0 aromatic heterocycles. The molecule has 0 heterocycles. The molecule has 0 spiro atoms. The van der Waals surface area contributed by atoms with E-state index >= 15 is 0 Å². The maximum Gasteiger partial charge on any atom is 0.313 e. The van der Waals surface area contributed by atoms with E-state index in [1.165, 1.54) is 18.2 Å². The zero-order valence-corrected chi connectivity index (χ0v) is 13.2. The van der Waals surface area contributed by atoms with Crippen LogP contribution in [0.3, 0.4) is 0 Å². The number of carbonyl (C=O) groups excluding carboxylic acids is 2. The maximum absolute atomic E-state index is 13.1. The van der Waals surface area contributed by atoms with Gasteiger partial charge in [0.1, 0.15) is 5.82 Å². The lowest BCUT2D eigenvalue weighted by atomic mass is 9.89. The molecule has 0 saturated carbocycles. The standard InChI is InChI=1S/C16H23FN2O3/c1-11-9-12(5-6-13(11)17)19-15(22)14(21)18-8-4-7-16(2,3)10-20/h5-6,9,20H,4,7-8,10H2,1-3H3,(H,18,21)(H,19,22). The smallest absolute Gasteiger partial charge is 0.313 e. The van der Waals surface area contributed by atoms with E-state index in [1.54, 1.807) is 6.92 Å². The van der Waals surface area contributed by atoms with Gasteiger partial charge in [0.25, 0.3) is 0 Å². The molecule has 0 saturated heterocycles. The zero-order chi connectivity index (χ0) is 16.8. The van der Waals surface area contributed by atoms with Gasteiger partial charge in [0.2, 0.25) is 0 Å². The third-order valence-electron chi connectivity index (χ3n) is 3.37. The fourth-order valence-electron chi connectivity index (χ4n) is 1.84. The van der Waals surface area contributed by atoms with Crippen LogP contribution in [0, 0.1) is 18.2 Å². The van der Waals surface area contributed by atoms with Crippen LogP contribution >= 0.6 is 0 Å². The van der Waals surface area contributed by atoms with Gasteiger partial charge in [-0.15, -0.1) is 0 Å². The first-order valence-corrected chi connectivity index (χ1v) is 7.21. The quantitative estimate of drug-likeness (QED) is 0.555. The molecule has 0 aliphatic carbocycles. The van der Waals surface area contributed by atoms with Crippen LogP contribution in [-0.4, -0.2) is 30.1 Å². The first kappa shape index (κ1) is 18.1. The Labute approximate surface area is 129 Å². The molecular formula is C16H23FN2O3. The number of aliphatic hydroxyl groups excluding tert-OH is 1. The number of amides is 2. The van der Waals surface area contributed by atoms with Crippen LogP contribution in [-0.2, 0) is 9.59 Å². The molecular weight excluding hydrogens is 287 g/mol. The number of hydrogen-bond donors (Lipinski definition) is 3. The molecule has 2 amide bonds. The molecule has 22 heavy (non-hydrogen) atoms. The van der Waals surface area contributed by atoms with E-state index in [1.807, 2.05) is 13.8 Å². The molecule has 3 N–H and O–H groups in total. The summed E-state index contributed by atoms with van der Waals surface area (Å²) < 4.78 is 13.1. The summed E-state index contributed by atoms with van der Waals surface area (Å²) in [6.07, 6.45) is 1.41. The summed E-state index contributed by atoms with van der Waals surface area (Å²) in [5.74, 6) is -1.88. The average Bonchev–Trinajstić information content (AvgIpc) is 2.47. The molecule has 1 aromatic carbocycles. The highest BCUT2D eigenvalue weighted by molar-refractivity contribution is 6.39. The highest BCUT2D eigenvalue weighted by atomic mass is 19.1. The highest BCUT2D eigenvalue weighted by Crippen LogP contribution is 2.20. The Morgan fingerprint density at radius 1 is 1.27 bits per heavy atom. The Kier molecular flexibility index (Phi) is 6.49. The second-order valence-corrected chi connectivity index (χ2v) is 6.10.